The summed E-state index contributed by atoms with van der Waals surface area (Å²) in [6, 6.07) is 7.01. The third-order valence-corrected chi connectivity index (χ3v) is 6.80. The van der Waals surface area contributed by atoms with E-state index in [1.807, 2.05) is 0 Å². The number of ether oxygens (including phenoxy) is 2. The predicted molar refractivity (Wildman–Crippen MR) is 106 cm³/mol. The van der Waals surface area contributed by atoms with Crippen LogP contribution in [0.15, 0.2) is 36.4 Å². The highest BCUT2D eigenvalue weighted by Gasteiger charge is 2.55. The number of hydrogen-bond acceptors (Lipinski definition) is 4. The molecule has 2 saturated carbocycles. The normalized spacial score (nSPS) is 33.5. The molecule has 2 fully saturated rings. The molecule has 1 N–H and O–H groups in total. The van der Waals surface area contributed by atoms with Crippen LogP contribution < -0.4 is 4.74 Å². The van der Waals surface area contributed by atoms with Crippen LogP contribution in [0.25, 0.3) is 0 Å². The number of fused-ring (bicyclic) bond motifs is 1. The van der Waals surface area contributed by atoms with Gasteiger partial charge in [-0.05, 0) is 61.8 Å². The minimum Gasteiger partial charge on any atom is -0.497 e. The Kier molecular flexibility index (Phi) is 5.66. The van der Waals surface area contributed by atoms with Gasteiger partial charge in [-0.15, -0.1) is 0 Å². The first-order chi connectivity index (χ1) is 12.8. The van der Waals surface area contributed by atoms with Gasteiger partial charge in [0, 0.05) is 11.3 Å². The summed E-state index contributed by atoms with van der Waals surface area (Å²) in [5.74, 6) is 0.814. The monoisotopic (exact) mass is 372 g/mol. The first kappa shape index (κ1) is 19.9. The van der Waals surface area contributed by atoms with Crippen molar-refractivity contribution in [3.63, 3.8) is 0 Å². The number of esters is 1. The van der Waals surface area contributed by atoms with Gasteiger partial charge in [0.1, 0.15) is 11.9 Å². The van der Waals surface area contributed by atoms with E-state index >= 15 is 0 Å². The van der Waals surface area contributed by atoms with Gasteiger partial charge in [-0.25, -0.2) is 4.79 Å². The van der Waals surface area contributed by atoms with Gasteiger partial charge < -0.3 is 14.6 Å². The maximum atomic E-state index is 12.8. The van der Waals surface area contributed by atoms with Crippen molar-refractivity contribution in [2.24, 2.45) is 23.2 Å². The standard InChI is InChI=1S/C23H32O4/c1-14(2)18-13-19(23(4)12-6-7-15(3)20(23)21(18)24)27-22(25)16-8-10-17(26-5)11-9-16/h8-11,14,18-21,24H,3,6-7,12-13H2,1-2,4-5H3. The Morgan fingerprint density at radius 1 is 1.30 bits per heavy atom. The fourth-order valence-corrected chi connectivity index (χ4v) is 5.14. The second-order valence-corrected chi connectivity index (χ2v) is 8.75. The molecule has 148 valence electrons. The van der Waals surface area contributed by atoms with Crippen LogP contribution >= 0.6 is 0 Å². The maximum Gasteiger partial charge on any atom is 0.338 e. The largest absolute Gasteiger partial charge is 0.497 e. The average Bonchev–Trinajstić information content (AvgIpc) is 2.63. The number of carbonyl (C=O) groups is 1. The number of aliphatic hydroxyl groups is 1. The molecule has 4 heteroatoms. The lowest BCUT2D eigenvalue weighted by molar-refractivity contribution is -0.140. The van der Waals surface area contributed by atoms with E-state index in [0.29, 0.717) is 23.7 Å². The summed E-state index contributed by atoms with van der Waals surface area (Å²) in [6.07, 6.45) is 2.98. The Bertz CT molecular complexity index is 693. The van der Waals surface area contributed by atoms with Crippen LogP contribution in [0.1, 0.15) is 56.8 Å². The van der Waals surface area contributed by atoms with Gasteiger partial charge in [-0.1, -0.05) is 32.9 Å². The number of rotatable bonds is 4. The molecule has 27 heavy (non-hydrogen) atoms. The van der Waals surface area contributed by atoms with Crippen molar-refractivity contribution in [3.8, 4) is 5.75 Å². The molecule has 0 aromatic heterocycles. The van der Waals surface area contributed by atoms with Gasteiger partial charge in [-0.2, -0.15) is 0 Å². The van der Waals surface area contributed by atoms with E-state index in [-0.39, 0.29) is 29.3 Å². The van der Waals surface area contributed by atoms with E-state index in [4.69, 9.17) is 9.47 Å². The predicted octanol–water partition coefficient (Wildman–Crippen LogP) is 4.62. The van der Waals surface area contributed by atoms with Crippen LogP contribution in [0.5, 0.6) is 5.75 Å². The smallest absolute Gasteiger partial charge is 0.338 e. The molecular formula is C23H32O4. The summed E-state index contributed by atoms with van der Waals surface area (Å²) in [5.41, 5.74) is 1.37. The molecule has 5 atom stereocenters. The molecule has 1 aromatic rings. The van der Waals surface area contributed by atoms with Gasteiger partial charge in [-0.3, -0.25) is 0 Å². The molecule has 0 spiro atoms. The quantitative estimate of drug-likeness (QED) is 0.619. The third-order valence-electron chi connectivity index (χ3n) is 6.80. The Labute approximate surface area is 162 Å². The molecule has 0 saturated heterocycles. The van der Waals surface area contributed by atoms with E-state index in [9.17, 15) is 9.90 Å². The second-order valence-electron chi connectivity index (χ2n) is 8.75. The van der Waals surface area contributed by atoms with Crippen molar-refractivity contribution in [2.45, 2.75) is 58.7 Å². The van der Waals surface area contributed by atoms with Crippen LogP contribution in [0.2, 0.25) is 0 Å². The maximum absolute atomic E-state index is 12.8. The molecule has 0 radical (unpaired) electrons. The Morgan fingerprint density at radius 2 is 1.96 bits per heavy atom. The summed E-state index contributed by atoms with van der Waals surface area (Å²) in [4.78, 5) is 12.8. The lowest BCUT2D eigenvalue weighted by atomic mass is 9.53. The van der Waals surface area contributed by atoms with Crippen LogP contribution in [-0.2, 0) is 4.74 Å². The number of hydrogen-bond donors (Lipinski definition) is 1. The fraction of sp³-hybridized carbons (Fsp3) is 0.609. The SMILES string of the molecule is C=C1CCCC2(C)C(OC(=O)c3ccc(OC)cc3)CC(C(C)C)C(O)C12. The molecule has 3 rings (SSSR count). The first-order valence-corrected chi connectivity index (χ1v) is 9.98. The molecule has 0 aliphatic heterocycles. The second kappa shape index (κ2) is 7.67. The van der Waals surface area contributed by atoms with Crippen LogP contribution in [0.3, 0.4) is 0 Å². The van der Waals surface area contributed by atoms with Crippen molar-refractivity contribution in [2.75, 3.05) is 7.11 Å². The van der Waals surface area contributed by atoms with E-state index in [1.165, 1.54) is 0 Å². The Balaban J connectivity index is 1.86. The highest BCUT2D eigenvalue weighted by Crippen LogP contribution is 2.55. The van der Waals surface area contributed by atoms with Crippen molar-refractivity contribution in [3.05, 3.63) is 42.0 Å². The number of carbonyl (C=O) groups excluding carboxylic acids is 1. The average molecular weight is 373 g/mol. The number of aliphatic hydroxyl groups excluding tert-OH is 1. The topological polar surface area (TPSA) is 55.8 Å². The number of benzene rings is 1. The van der Waals surface area contributed by atoms with Gasteiger partial charge in [0.25, 0.3) is 0 Å². The molecule has 5 unspecified atom stereocenters. The molecule has 2 aliphatic rings. The molecule has 1 aromatic carbocycles. The van der Waals surface area contributed by atoms with Gasteiger partial charge in [0.15, 0.2) is 0 Å². The van der Waals surface area contributed by atoms with Crippen molar-refractivity contribution in [1.82, 2.24) is 0 Å². The molecule has 0 heterocycles. The summed E-state index contributed by atoms with van der Waals surface area (Å²) < 4.78 is 11.2. The highest BCUT2D eigenvalue weighted by atomic mass is 16.5. The van der Waals surface area contributed by atoms with E-state index in [1.54, 1.807) is 31.4 Å². The molecule has 2 aliphatic carbocycles. The Morgan fingerprint density at radius 3 is 2.56 bits per heavy atom. The number of methoxy groups -OCH3 is 1. The zero-order chi connectivity index (χ0) is 19.8. The van der Waals surface area contributed by atoms with E-state index in [2.05, 4.69) is 27.4 Å². The summed E-state index contributed by atoms with van der Waals surface area (Å²) >= 11 is 0. The lowest BCUT2D eigenvalue weighted by Gasteiger charge is -2.55. The first-order valence-electron chi connectivity index (χ1n) is 9.98. The minimum atomic E-state index is -0.418. The van der Waals surface area contributed by atoms with Crippen molar-refractivity contribution in [1.29, 1.82) is 0 Å². The van der Waals surface area contributed by atoms with Gasteiger partial charge in [0.05, 0.1) is 18.8 Å². The zero-order valence-corrected chi connectivity index (χ0v) is 16.9. The van der Waals surface area contributed by atoms with Crippen LogP contribution in [0, 0.1) is 23.2 Å². The van der Waals surface area contributed by atoms with Crippen LogP contribution in [-0.4, -0.2) is 30.4 Å². The highest BCUT2D eigenvalue weighted by molar-refractivity contribution is 5.89. The van der Waals surface area contributed by atoms with Gasteiger partial charge >= 0.3 is 5.97 Å². The lowest BCUT2D eigenvalue weighted by Crippen LogP contribution is -2.57. The van der Waals surface area contributed by atoms with E-state index in [0.717, 1.165) is 24.8 Å². The third kappa shape index (κ3) is 3.64. The fourth-order valence-electron chi connectivity index (χ4n) is 5.14. The van der Waals surface area contributed by atoms with Crippen molar-refractivity contribution < 1.29 is 19.4 Å². The summed E-state index contributed by atoms with van der Waals surface area (Å²) in [7, 11) is 1.60. The zero-order valence-electron chi connectivity index (χ0n) is 16.9. The molecule has 4 nitrogen and oxygen atoms in total. The summed E-state index contributed by atoms with van der Waals surface area (Å²) in [5, 5.41) is 11.1. The summed E-state index contributed by atoms with van der Waals surface area (Å²) in [6.45, 7) is 10.7. The Hall–Kier alpha value is -1.81. The molecule has 0 bridgehead atoms. The minimum absolute atomic E-state index is 0.0129. The van der Waals surface area contributed by atoms with E-state index < -0.39 is 6.10 Å². The van der Waals surface area contributed by atoms with Gasteiger partial charge in [0.2, 0.25) is 0 Å². The molecule has 0 amide bonds. The molecular weight excluding hydrogens is 340 g/mol. The van der Waals surface area contributed by atoms with Crippen LogP contribution in [0.4, 0.5) is 0 Å². The van der Waals surface area contributed by atoms with Crippen molar-refractivity contribution >= 4 is 5.97 Å².